The zero-order valence-electron chi connectivity index (χ0n) is 15.9. The van der Waals surface area contributed by atoms with Crippen molar-refractivity contribution in [3.63, 3.8) is 0 Å². The van der Waals surface area contributed by atoms with Crippen LogP contribution in [0.15, 0.2) is 29.2 Å². The van der Waals surface area contributed by atoms with Gasteiger partial charge in [-0.1, -0.05) is 17.7 Å². The molecule has 0 radical (unpaired) electrons. The number of rotatable bonds is 6. The predicted molar refractivity (Wildman–Crippen MR) is 110 cm³/mol. The maximum Gasteiger partial charge on any atom is 0.241 e. The molecule has 0 aliphatic carbocycles. The summed E-state index contributed by atoms with van der Waals surface area (Å²) in [4.78, 5) is 17.9. The molecular weight excluding hydrogens is 416 g/mol. The zero-order valence-corrected chi connectivity index (χ0v) is 17.5. The molecule has 9 nitrogen and oxygen atoms in total. The van der Waals surface area contributed by atoms with Crippen LogP contribution in [0.25, 0.3) is 0 Å². The van der Waals surface area contributed by atoms with Crippen molar-refractivity contribution in [2.45, 2.75) is 24.3 Å². The average molecular weight is 439 g/mol. The number of hydrogen-bond donors (Lipinski definition) is 1. The molecule has 3 heterocycles. The standard InChI is InChI=1S/C18H23ClN6O3S/c19-14-4-3-5-15(12-14)29(26,27)20-13-16-21-17(24-6-1-2-7-24)23-18(22-16)25-8-10-28-11-9-25/h3-5,12,20H,1-2,6-11,13H2. The smallest absolute Gasteiger partial charge is 0.241 e. The van der Waals surface area contributed by atoms with Crippen LogP contribution in [0, 0.1) is 0 Å². The number of morpholine rings is 1. The fourth-order valence-corrected chi connectivity index (χ4v) is 4.60. The van der Waals surface area contributed by atoms with Gasteiger partial charge in [-0.05, 0) is 31.0 Å². The molecule has 0 atom stereocenters. The van der Waals surface area contributed by atoms with E-state index >= 15 is 0 Å². The number of hydrogen-bond acceptors (Lipinski definition) is 8. The van der Waals surface area contributed by atoms with E-state index in [1.165, 1.54) is 12.1 Å². The van der Waals surface area contributed by atoms with Gasteiger partial charge in [-0.25, -0.2) is 13.1 Å². The predicted octanol–water partition coefficient (Wildman–Crippen LogP) is 1.44. The Morgan fingerprint density at radius 3 is 2.31 bits per heavy atom. The molecule has 2 saturated heterocycles. The van der Waals surface area contributed by atoms with E-state index in [9.17, 15) is 8.42 Å². The molecule has 0 unspecified atom stereocenters. The number of anilines is 2. The fraction of sp³-hybridized carbons (Fsp3) is 0.500. The van der Waals surface area contributed by atoms with E-state index in [1.54, 1.807) is 12.1 Å². The molecule has 156 valence electrons. The molecule has 2 aromatic rings. The average Bonchev–Trinajstić information content (AvgIpc) is 3.28. The normalized spacial score (nSPS) is 17.7. The molecule has 1 N–H and O–H groups in total. The maximum atomic E-state index is 12.6. The molecule has 29 heavy (non-hydrogen) atoms. The monoisotopic (exact) mass is 438 g/mol. The summed E-state index contributed by atoms with van der Waals surface area (Å²) in [6, 6.07) is 6.13. The SMILES string of the molecule is O=S(=O)(NCc1nc(N2CCCC2)nc(N2CCOCC2)n1)c1cccc(Cl)c1. The number of benzene rings is 1. The van der Waals surface area contributed by atoms with Crippen molar-refractivity contribution in [3.8, 4) is 0 Å². The van der Waals surface area contributed by atoms with Gasteiger partial charge in [0, 0.05) is 31.2 Å². The lowest BCUT2D eigenvalue weighted by molar-refractivity contribution is 0.122. The minimum Gasteiger partial charge on any atom is -0.378 e. The molecule has 1 aromatic carbocycles. The van der Waals surface area contributed by atoms with Gasteiger partial charge in [0.1, 0.15) is 0 Å². The first kappa shape index (κ1) is 20.3. The van der Waals surface area contributed by atoms with Gasteiger partial charge >= 0.3 is 0 Å². The molecule has 2 aliphatic heterocycles. The topological polar surface area (TPSA) is 101 Å². The van der Waals surface area contributed by atoms with Crippen LogP contribution in [-0.4, -0.2) is 62.8 Å². The van der Waals surface area contributed by atoms with Gasteiger partial charge in [0.25, 0.3) is 0 Å². The van der Waals surface area contributed by atoms with Gasteiger partial charge in [-0.15, -0.1) is 0 Å². The van der Waals surface area contributed by atoms with Gasteiger partial charge < -0.3 is 14.5 Å². The molecule has 4 rings (SSSR count). The van der Waals surface area contributed by atoms with Gasteiger partial charge in [-0.3, -0.25) is 0 Å². The van der Waals surface area contributed by atoms with E-state index in [1.807, 2.05) is 4.90 Å². The van der Waals surface area contributed by atoms with Crippen LogP contribution in [-0.2, 0) is 21.3 Å². The summed E-state index contributed by atoms with van der Waals surface area (Å²) in [7, 11) is -3.73. The molecule has 0 spiro atoms. The fourth-order valence-electron chi connectivity index (χ4n) is 3.31. The summed E-state index contributed by atoms with van der Waals surface area (Å²) in [6.07, 6.45) is 2.19. The Labute approximate surface area is 175 Å². The molecule has 0 bridgehead atoms. The Kier molecular flexibility index (Phi) is 6.14. The minimum atomic E-state index is -3.73. The first-order valence-electron chi connectivity index (χ1n) is 9.59. The third-order valence-corrected chi connectivity index (χ3v) is 6.50. The van der Waals surface area contributed by atoms with Crippen LogP contribution in [0.3, 0.4) is 0 Å². The van der Waals surface area contributed by atoms with Crippen molar-refractivity contribution in [2.24, 2.45) is 0 Å². The van der Waals surface area contributed by atoms with Crippen molar-refractivity contribution in [1.29, 1.82) is 0 Å². The van der Waals surface area contributed by atoms with Crippen LogP contribution < -0.4 is 14.5 Å². The zero-order chi connectivity index (χ0) is 20.3. The van der Waals surface area contributed by atoms with Crippen LogP contribution in [0.1, 0.15) is 18.7 Å². The molecule has 2 aliphatic rings. The first-order valence-corrected chi connectivity index (χ1v) is 11.5. The van der Waals surface area contributed by atoms with Crippen molar-refractivity contribution >= 4 is 33.5 Å². The molecule has 0 saturated carbocycles. The van der Waals surface area contributed by atoms with Crippen LogP contribution in [0.4, 0.5) is 11.9 Å². The Morgan fingerprint density at radius 2 is 1.66 bits per heavy atom. The van der Waals surface area contributed by atoms with Crippen molar-refractivity contribution < 1.29 is 13.2 Å². The highest BCUT2D eigenvalue weighted by Crippen LogP contribution is 2.20. The lowest BCUT2D eigenvalue weighted by Crippen LogP contribution is -2.38. The Bertz CT molecular complexity index is 962. The minimum absolute atomic E-state index is 0.0322. The summed E-state index contributed by atoms with van der Waals surface area (Å²) < 4.78 is 33.2. The number of nitrogens with zero attached hydrogens (tertiary/aromatic N) is 5. The lowest BCUT2D eigenvalue weighted by atomic mass is 10.4. The lowest BCUT2D eigenvalue weighted by Gasteiger charge is -2.28. The summed E-state index contributed by atoms with van der Waals surface area (Å²) in [6.45, 7) is 4.35. The number of sulfonamides is 1. The van der Waals surface area contributed by atoms with E-state index < -0.39 is 10.0 Å². The quantitative estimate of drug-likeness (QED) is 0.723. The second-order valence-electron chi connectivity index (χ2n) is 6.93. The summed E-state index contributed by atoms with van der Waals surface area (Å²) in [5.74, 6) is 1.53. The van der Waals surface area contributed by atoms with E-state index in [-0.39, 0.29) is 11.4 Å². The van der Waals surface area contributed by atoms with E-state index in [4.69, 9.17) is 16.3 Å². The van der Waals surface area contributed by atoms with E-state index in [0.29, 0.717) is 49.0 Å². The molecule has 0 amide bonds. The summed E-state index contributed by atoms with van der Waals surface area (Å²) >= 11 is 5.92. The Balaban J connectivity index is 1.57. The number of ether oxygens (including phenoxy) is 1. The summed E-state index contributed by atoms with van der Waals surface area (Å²) in [5.41, 5.74) is 0. The number of aromatic nitrogens is 3. The van der Waals surface area contributed by atoms with Gasteiger partial charge in [0.05, 0.1) is 24.7 Å². The van der Waals surface area contributed by atoms with Crippen LogP contribution in [0.5, 0.6) is 0 Å². The van der Waals surface area contributed by atoms with Crippen LogP contribution in [0.2, 0.25) is 5.02 Å². The molecule has 11 heteroatoms. The second kappa shape index (κ2) is 8.78. The van der Waals surface area contributed by atoms with Crippen LogP contribution >= 0.6 is 11.6 Å². The highest BCUT2D eigenvalue weighted by Gasteiger charge is 2.22. The largest absolute Gasteiger partial charge is 0.378 e. The van der Waals surface area contributed by atoms with Gasteiger partial charge in [-0.2, -0.15) is 15.0 Å². The number of nitrogens with one attached hydrogen (secondary N) is 1. The Morgan fingerprint density at radius 1 is 1.00 bits per heavy atom. The second-order valence-corrected chi connectivity index (χ2v) is 9.13. The Hall–Kier alpha value is -2.01. The summed E-state index contributed by atoms with van der Waals surface area (Å²) in [5, 5.41) is 0.360. The van der Waals surface area contributed by atoms with Crippen molar-refractivity contribution in [3.05, 3.63) is 35.1 Å². The van der Waals surface area contributed by atoms with Crippen molar-refractivity contribution in [2.75, 3.05) is 49.2 Å². The highest BCUT2D eigenvalue weighted by atomic mass is 35.5. The number of halogens is 1. The first-order chi connectivity index (χ1) is 14.0. The van der Waals surface area contributed by atoms with Gasteiger partial charge in [0.15, 0.2) is 5.82 Å². The van der Waals surface area contributed by atoms with Gasteiger partial charge in [0.2, 0.25) is 21.9 Å². The third kappa shape index (κ3) is 4.95. The molecule has 2 fully saturated rings. The van der Waals surface area contributed by atoms with E-state index in [0.717, 1.165) is 25.9 Å². The molecular formula is C18H23ClN6O3S. The maximum absolute atomic E-state index is 12.6. The van der Waals surface area contributed by atoms with Crippen molar-refractivity contribution in [1.82, 2.24) is 19.7 Å². The third-order valence-electron chi connectivity index (χ3n) is 4.87. The van der Waals surface area contributed by atoms with E-state index in [2.05, 4.69) is 24.6 Å². The molecule has 1 aromatic heterocycles. The highest BCUT2D eigenvalue weighted by molar-refractivity contribution is 7.89.